The summed E-state index contributed by atoms with van der Waals surface area (Å²) in [6.45, 7) is 8.15. The third-order valence-electron chi connectivity index (χ3n) is 5.35. The molecule has 0 unspecified atom stereocenters. The maximum atomic E-state index is 11.5. The highest BCUT2D eigenvalue weighted by molar-refractivity contribution is 5.64. The van der Waals surface area contributed by atoms with Crippen molar-refractivity contribution in [3.05, 3.63) is 0 Å². The van der Waals surface area contributed by atoms with Crippen molar-refractivity contribution in [1.82, 2.24) is 9.80 Å². The molecule has 0 N–H and O–H groups in total. The lowest BCUT2D eigenvalue weighted by molar-refractivity contribution is -0.274. The molecule has 1 aliphatic carbocycles. The molecule has 0 aromatic heterocycles. The van der Waals surface area contributed by atoms with Crippen LogP contribution in [-0.2, 0) is 4.74 Å². The van der Waals surface area contributed by atoms with Crippen molar-refractivity contribution >= 4 is 6.09 Å². The second-order valence-electron chi connectivity index (χ2n) is 8.02. The summed E-state index contributed by atoms with van der Waals surface area (Å²) >= 11 is 0. The number of ether oxygens (including phenoxy) is 1. The van der Waals surface area contributed by atoms with E-state index in [1.54, 1.807) is 0 Å². The molecule has 5 heteroatoms. The van der Waals surface area contributed by atoms with Crippen LogP contribution < -0.4 is 5.11 Å². The van der Waals surface area contributed by atoms with E-state index in [-0.39, 0.29) is 6.04 Å². The molecular weight excluding hydrogens is 304 g/mol. The van der Waals surface area contributed by atoms with Gasteiger partial charge >= 0.3 is 0 Å². The van der Waals surface area contributed by atoms with E-state index in [9.17, 15) is 9.90 Å². The van der Waals surface area contributed by atoms with Crippen LogP contribution in [0.15, 0.2) is 0 Å². The van der Waals surface area contributed by atoms with Gasteiger partial charge in [-0.25, -0.2) is 0 Å². The van der Waals surface area contributed by atoms with Crippen LogP contribution in [0.3, 0.4) is 0 Å². The molecule has 1 heterocycles. The van der Waals surface area contributed by atoms with Gasteiger partial charge in [0.05, 0.1) is 6.10 Å². The smallest absolute Gasteiger partial charge is 0.137 e. The van der Waals surface area contributed by atoms with Crippen LogP contribution >= 0.6 is 0 Å². The number of rotatable bonds is 4. The molecule has 24 heavy (non-hydrogen) atoms. The van der Waals surface area contributed by atoms with Crippen LogP contribution in [0, 0.1) is 12.3 Å². The summed E-state index contributed by atoms with van der Waals surface area (Å²) in [5.41, 5.74) is -0.405. The van der Waals surface area contributed by atoms with Crippen LogP contribution in [0.4, 0.5) is 4.79 Å². The number of carbonyl (C=O) groups is 1. The minimum atomic E-state index is -1.05. The van der Waals surface area contributed by atoms with Gasteiger partial charge in [-0.1, -0.05) is 5.92 Å². The van der Waals surface area contributed by atoms with Crippen LogP contribution in [0.5, 0.6) is 0 Å². The van der Waals surface area contributed by atoms with Gasteiger partial charge in [0.15, 0.2) is 0 Å². The average molecular weight is 335 g/mol. The maximum Gasteiger partial charge on any atom is 0.137 e. The van der Waals surface area contributed by atoms with Gasteiger partial charge in [-0.3, -0.25) is 0 Å². The lowest BCUT2D eigenvalue weighted by Gasteiger charge is -2.48. The first-order valence-corrected chi connectivity index (χ1v) is 9.12. The van der Waals surface area contributed by atoms with Gasteiger partial charge in [0, 0.05) is 30.7 Å². The number of hydrogen-bond acceptors (Lipinski definition) is 4. The first-order chi connectivity index (χ1) is 11.3. The minimum absolute atomic E-state index is 0.0709. The van der Waals surface area contributed by atoms with Crippen molar-refractivity contribution in [3.8, 4) is 12.3 Å². The zero-order chi connectivity index (χ0) is 17.7. The first kappa shape index (κ1) is 19.1. The van der Waals surface area contributed by atoms with E-state index >= 15 is 0 Å². The third kappa shape index (κ3) is 4.87. The molecule has 1 amide bonds. The second-order valence-corrected chi connectivity index (χ2v) is 8.02. The number of likely N-dealkylation sites (tertiary alicyclic amines) is 1. The normalized spacial score (nSPS) is 26.8. The van der Waals surface area contributed by atoms with Crippen molar-refractivity contribution in [2.75, 3.05) is 19.7 Å². The minimum Gasteiger partial charge on any atom is -0.530 e. The highest BCUT2D eigenvalue weighted by Gasteiger charge is 2.34. The molecule has 1 saturated carbocycles. The average Bonchev–Trinajstić information content (AvgIpc) is 2.52. The number of piperidine rings is 1. The topological polar surface area (TPSA) is 55.8 Å². The molecule has 1 saturated heterocycles. The van der Waals surface area contributed by atoms with Crippen molar-refractivity contribution in [2.45, 2.75) is 83.0 Å². The standard InChI is InChI=1S/C19H32N2O3/c1-5-14-24-17-8-6-15(7-9-17)20-12-10-16(11-13-20)21(18(22)23)19(2,3)4/h1,15-17H,6-14H2,2-4H3,(H,22,23)/p-1. The van der Waals surface area contributed by atoms with Crippen molar-refractivity contribution in [3.63, 3.8) is 0 Å². The summed E-state index contributed by atoms with van der Waals surface area (Å²) in [5.74, 6) is 2.54. The number of nitrogens with zero attached hydrogens (tertiary/aromatic N) is 2. The van der Waals surface area contributed by atoms with Crippen LogP contribution in [0.25, 0.3) is 0 Å². The first-order valence-electron chi connectivity index (χ1n) is 9.12. The molecular formula is C19H31N2O3-. The molecule has 0 bridgehead atoms. The molecule has 0 aromatic rings. The molecule has 136 valence electrons. The third-order valence-corrected chi connectivity index (χ3v) is 5.35. The Kier molecular flexibility index (Phi) is 6.54. The van der Waals surface area contributed by atoms with Crippen molar-refractivity contribution < 1.29 is 14.6 Å². The number of terminal acetylenes is 1. The molecule has 5 nitrogen and oxygen atoms in total. The van der Waals surface area contributed by atoms with E-state index in [1.807, 2.05) is 20.8 Å². The van der Waals surface area contributed by atoms with Crippen LogP contribution in [-0.4, -0.2) is 59.3 Å². The zero-order valence-electron chi connectivity index (χ0n) is 15.3. The van der Waals surface area contributed by atoms with Crippen LogP contribution in [0.2, 0.25) is 0 Å². The van der Waals surface area contributed by atoms with Gasteiger partial charge in [0.1, 0.15) is 12.7 Å². The predicted molar refractivity (Wildman–Crippen MR) is 92.4 cm³/mol. The summed E-state index contributed by atoms with van der Waals surface area (Å²) in [6, 6.07) is 0.671. The Morgan fingerprint density at radius 3 is 2.25 bits per heavy atom. The van der Waals surface area contributed by atoms with Gasteiger partial charge in [0.2, 0.25) is 0 Å². The number of hydrogen-bond donors (Lipinski definition) is 0. The summed E-state index contributed by atoms with van der Waals surface area (Å²) in [4.78, 5) is 15.6. The number of amides is 1. The molecule has 2 aliphatic rings. The fraction of sp³-hybridized carbons (Fsp3) is 0.842. The second kappa shape index (κ2) is 8.22. The lowest BCUT2D eigenvalue weighted by Crippen LogP contribution is -2.59. The lowest BCUT2D eigenvalue weighted by atomic mass is 9.89. The molecule has 2 fully saturated rings. The molecule has 2 rings (SSSR count). The highest BCUT2D eigenvalue weighted by Crippen LogP contribution is 2.30. The summed E-state index contributed by atoms with van der Waals surface area (Å²) in [6.07, 6.45) is 10.7. The Hall–Kier alpha value is -1.25. The van der Waals surface area contributed by atoms with Gasteiger partial charge in [-0.2, -0.15) is 0 Å². The van der Waals surface area contributed by atoms with Gasteiger partial charge < -0.3 is 24.4 Å². The van der Waals surface area contributed by atoms with E-state index in [4.69, 9.17) is 11.2 Å². The van der Waals surface area contributed by atoms with Crippen LogP contribution in [0.1, 0.15) is 59.3 Å². The SMILES string of the molecule is C#CCOC1CCC(N2CCC(N(C(=O)[O-])C(C)(C)C)CC2)CC1. The van der Waals surface area contributed by atoms with E-state index in [2.05, 4.69) is 10.8 Å². The maximum absolute atomic E-state index is 11.5. The zero-order valence-corrected chi connectivity index (χ0v) is 15.3. The Morgan fingerprint density at radius 1 is 1.21 bits per heavy atom. The van der Waals surface area contributed by atoms with E-state index in [1.165, 1.54) is 4.90 Å². The fourth-order valence-corrected chi connectivity index (χ4v) is 4.22. The van der Waals surface area contributed by atoms with Crippen molar-refractivity contribution in [2.24, 2.45) is 0 Å². The van der Waals surface area contributed by atoms with E-state index < -0.39 is 11.6 Å². The summed E-state index contributed by atoms with van der Waals surface area (Å²) in [7, 11) is 0. The highest BCUT2D eigenvalue weighted by atomic mass is 16.5. The monoisotopic (exact) mass is 335 g/mol. The number of carbonyl (C=O) groups excluding carboxylic acids is 1. The predicted octanol–water partition coefficient (Wildman–Crippen LogP) is 1.86. The summed E-state index contributed by atoms with van der Waals surface area (Å²) in [5, 5.41) is 11.5. The molecule has 0 atom stereocenters. The van der Waals surface area contributed by atoms with Gasteiger partial charge in [0.25, 0.3) is 0 Å². The molecule has 0 aromatic carbocycles. The number of carboxylic acid groups (broad SMARTS) is 1. The van der Waals surface area contributed by atoms with E-state index in [0.29, 0.717) is 18.8 Å². The molecule has 0 radical (unpaired) electrons. The van der Waals surface area contributed by atoms with Gasteiger partial charge in [-0.15, -0.1) is 6.42 Å². The van der Waals surface area contributed by atoms with Gasteiger partial charge in [-0.05, 0) is 59.3 Å². The quantitative estimate of drug-likeness (QED) is 0.736. The van der Waals surface area contributed by atoms with Crippen molar-refractivity contribution in [1.29, 1.82) is 0 Å². The Morgan fingerprint density at radius 2 is 1.79 bits per heavy atom. The summed E-state index contributed by atoms with van der Waals surface area (Å²) < 4.78 is 5.65. The Balaban J connectivity index is 1.81. The fourth-order valence-electron chi connectivity index (χ4n) is 4.22. The van der Waals surface area contributed by atoms with E-state index in [0.717, 1.165) is 51.6 Å². The Bertz CT molecular complexity index is 450. The molecule has 0 spiro atoms. The Labute approximate surface area is 146 Å². The largest absolute Gasteiger partial charge is 0.530 e. The molecule has 1 aliphatic heterocycles.